The lowest BCUT2D eigenvalue weighted by Crippen LogP contribution is -2.52. The Kier molecular flexibility index (Phi) is 5.02. The van der Waals surface area contributed by atoms with E-state index in [-0.39, 0.29) is 30.3 Å². The number of fused-ring (bicyclic) bond motifs is 1. The standard InChI is InChI=1S/C20H20FN3O3/c21-13-4-3-5-14(10-13)27-19-8-9-26-12-18(19)22-20(25)11-17-15-6-1-2-7-16(15)23-24-17/h1-7,10,18-19H,8-9,11-12H2,(H,22,25)(H,23,24)/t18-,19+/m1/s1. The summed E-state index contributed by atoms with van der Waals surface area (Å²) in [6, 6.07) is 13.3. The number of nitrogens with zero attached hydrogens (tertiary/aromatic N) is 1. The van der Waals surface area contributed by atoms with Crippen LogP contribution in [0.4, 0.5) is 4.39 Å². The topological polar surface area (TPSA) is 76.2 Å². The van der Waals surface area contributed by atoms with E-state index in [4.69, 9.17) is 9.47 Å². The Bertz CT molecular complexity index is 943. The molecule has 0 aliphatic carbocycles. The van der Waals surface area contributed by atoms with Crippen LogP contribution in [0.5, 0.6) is 5.75 Å². The zero-order chi connectivity index (χ0) is 18.6. The van der Waals surface area contributed by atoms with Crippen LogP contribution in [0, 0.1) is 5.82 Å². The molecule has 1 amide bonds. The molecule has 0 bridgehead atoms. The molecule has 3 aromatic rings. The second kappa shape index (κ2) is 7.75. The summed E-state index contributed by atoms with van der Waals surface area (Å²) in [5.74, 6) is -0.0558. The van der Waals surface area contributed by atoms with Crippen molar-refractivity contribution in [2.45, 2.75) is 25.0 Å². The van der Waals surface area contributed by atoms with E-state index in [0.717, 1.165) is 16.6 Å². The second-order valence-corrected chi connectivity index (χ2v) is 6.55. The Balaban J connectivity index is 1.42. The number of hydrogen-bond donors (Lipinski definition) is 2. The third-order valence-corrected chi connectivity index (χ3v) is 4.60. The molecule has 6 nitrogen and oxygen atoms in total. The third-order valence-electron chi connectivity index (χ3n) is 4.60. The number of amides is 1. The van der Waals surface area contributed by atoms with Crippen molar-refractivity contribution < 1.29 is 18.7 Å². The smallest absolute Gasteiger partial charge is 0.226 e. The number of benzene rings is 2. The van der Waals surface area contributed by atoms with E-state index in [9.17, 15) is 9.18 Å². The molecule has 2 aromatic carbocycles. The van der Waals surface area contributed by atoms with Gasteiger partial charge in [-0.3, -0.25) is 9.89 Å². The molecule has 0 unspecified atom stereocenters. The van der Waals surface area contributed by atoms with E-state index in [0.29, 0.717) is 25.4 Å². The Morgan fingerprint density at radius 1 is 1.30 bits per heavy atom. The van der Waals surface area contributed by atoms with E-state index < -0.39 is 0 Å². The van der Waals surface area contributed by atoms with Gasteiger partial charge in [-0.2, -0.15) is 5.10 Å². The highest BCUT2D eigenvalue weighted by molar-refractivity contribution is 5.87. The second-order valence-electron chi connectivity index (χ2n) is 6.55. The minimum Gasteiger partial charge on any atom is -0.488 e. The van der Waals surface area contributed by atoms with Crippen LogP contribution >= 0.6 is 0 Å². The highest BCUT2D eigenvalue weighted by atomic mass is 19.1. The number of carbonyl (C=O) groups excluding carboxylic acids is 1. The van der Waals surface area contributed by atoms with Crippen molar-refractivity contribution >= 4 is 16.8 Å². The molecule has 1 aliphatic rings. The molecule has 1 fully saturated rings. The fourth-order valence-electron chi connectivity index (χ4n) is 3.28. The average Bonchev–Trinajstić information content (AvgIpc) is 3.06. The van der Waals surface area contributed by atoms with Crippen LogP contribution < -0.4 is 10.1 Å². The number of aromatic nitrogens is 2. The minimum atomic E-state index is -0.355. The molecule has 2 heterocycles. The summed E-state index contributed by atoms with van der Waals surface area (Å²) in [5, 5.41) is 11.0. The summed E-state index contributed by atoms with van der Waals surface area (Å²) < 4.78 is 24.8. The van der Waals surface area contributed by atoms with Gasteiger partial charge in [0.1, 0.15) is 17.7 Å². The van der Waals surface area contributed by atoms with Gasteiger partial charge < -0.3 is 14.8 Å². The van der Waals surface area contributed by atoms with E-state index in [1.165, 1.54) is 12.1 Å². The van der Waals surface area contributed by atoms with E-state index in [1.807, 2.05) is 24.3 Å². The van der Waals surface area contributed by atoms with Gasteiger partial charge in [0.05, 0.1) is 36.9 Å². The molecule has 7 heteroatoms. The predicted molar refractivity (Wildman–Crippen MR) is 98.0 cm³/mol. The summed E-state index contributed by atoms with van der Waals surface area (Å²) in [7, 11) is 0. The van der Waals surface area contributed by atoms with Gasteiger partial charge >= 0.3 is 0 Å². The van der Waals surface area contributed by atoms with Crippen molar-refractivity contribution in [2.75, 3.05) is 13.2 Å². The van der Waals surface area contributed by atoms with Crippen LogP contribution in [0.1, 0.15) is 12.1 Å². The van der Waals surface area contributed by atoms with Crippen LogP contribution in [0.15, 0.2) is 48.5 Å². The maximum atomic E-state index is 13.4. The lowest BCUT2D eigenvalue weighted by atomic mass is 10.1. The highest BCUT2D eigenvalue weighted by Crippen LogP contribution is 2.20. The molecule has 4 rings (SSSR count). The number of nitrogens with one attached hydrogen (secondary N) is 2. The largest absolute Gasteiger partial charge is 0.488 e. The van der Waals surface area contributed by atoms with Crippen molar-refractivity contribution in [3.05, 3.63) is 60.0 Å². The lowest BCUT2D eigenvalue weighted by molar-refractivity contribution is -0.123. The maximum absolute atomic E-state index is 13.4. The molecular formula is C20H20FN3O3. The first-order valence-electron chi connectivity index (χ1n) is 8.90. The van der Waals surface area contributed by atoms with Crippen LogP contribution in [0.3, 0.4) is 0 Å². The average molecular weight is 369 g/mol. The van der Waals surface area contributed by atoms with Gasteiger partial charge in [-0.1, -0.05) is 24.3 Å². The Morgan fingerprint density at radius 3 is 3.07 bits per heavy atom. The van der Waals surface area contributed by atoms with Crippen molar-refractivity contribution in [1.29, 1.82) is 0 Å². The molecule has 1 saturated heterocycles. The molecule has 0 spiro atoms. The Morgan fingerprint density at radius 2 is 2.19 bits per heavy atom. The summed E-state index contributed by atoms with van der Waals surface area (Å²) in [6.45, 7) is 0.896. The number of rotatable bonds is 5. The maximum Gasteiger partial charge on any atom is 0.226 e. The minimum absolute atomic E-state index is 0.146. The van der Waals surface area contributed by atoms with Gasteiger partial charge in [0.2, 0.25) is 5.91 Å². The molecule has 2 atom stereocenters. The fraction of sp³-hybridized carbons (Fsp3) is 0.300. The fourth-order valence-corrected chi connectivity index (χ4v) is 3.28. The van der Waals surface area contributed by atoms with Crippen LogP contribution in [-0.2, 0) is 16.0 Å². The number of halogens is 1. The van der Waals surface area contributed by atoms with Crippen LogP contribution in [0.2, 0.25) is 0 Å². The van der Waals surface area contributed by atoms with Gasteiger partial charge in [0, 0.05) is 17.9 Å². The summed E-state index contributed by atoms with van der Waals surface area (Å²) in [5.41, 5.74) is 1.59. The van der Waals surface area contributed by atoms with Crippen molar-refractivity contribution in [2.24, 2.45) is 0 Å². The van der Waals surface area contributed by atoms with Crippen molar-refractivity contribution in [3.8, 4) is 5.75 Å². The predicted octanol–water partition coefficient (Wildman–Crippen LogP) is 2.60. The summed E-state index contributed by atoms with van der Waals surface area (Å²) in [6.07, 6.45) is 0.529. The quantitative estimate of drug-likeness (QED) is 0.725. The normalized spacial score (nSPS) is 19.7. The van der Waals surface area contributed by atoms with Crippen LogP contribution in [0.25, 0.3) is 10.9 Å². The van der Waals surface area contributed by atoms with Gasteiger partial charge in [-0.05, 0) is 18.2 Å². The number of para-hydroxylation sites is 1. The van der Waals surface area contributed by atoms with Gasteiger partial charge in [0.25, 0.3) is 0 Å². The van der Waals surface area contributed by atoms with E-state index in [1.54, 1.807) is 12.1 Å². The van der Waals surface area contributed by atoms with Gasteiger partial charge in [0.15, 0.2) is 0 Å². The first-order valence-corrected chi connectivity index (χ1v) is 8.90. The van der Waals surface area contributed by atoms with Crippen molar-refractivity contribution in [3.63, 3.8) is 0 Å². The molecule has 0 saturated carbocycles. The first kappa shape index (κ1) is 17.5. The molecule has 27 heavy (non-hydrogen) atoms. The highest BCUT2D eigenvalue weighted by Gasteiger charge is 2.29. The number of carbonyl (C=O) groups is 1. The molecule has 2 N–H and O–H groups in total. The van der Waals surface area contributed by atoms with Crippen molar-refractivity contribution in [1.82, 2.24) is 15.5 Å². The summed E-state index contributed by atoms with van der Waals surface area (Å²) in [4.78, 5) is 12.5. The number of H-pyrrole nitrogens is 1. The zero-order valence-corrected chi connectivity index (χ0v) is 14.7. The Labute approximate surface area is 155 Å². The monoisotopic (exact) mass is 369 g/mol. The molecule has 1 aromatic heterocycles. The third kappa shape index (κ3) is 4.09. The Hall–Kier alpha value is -2.93. The van der Waals surface area contributed by atoms with Gasteiger partial charge in [-0.25, -0.2) is 4.39 Å². The first-order chi connectivity index (χ1) is 13.2. The number of aromatic amines is 1. The lowest BCUT2D eigenvalue weighted by Gasteiger charge is -2.32. The van der Waals surface area contributed by atoms with Crippen LogP contribution in [-0.4, -0.2) is 41.5 Å². The zero-order valence-electron chi connectivity index (χ0n) is 14.7. The molecule has 1 aliphatic heterocycles. The van der Waals surface area contributed by atoms with E-state index in [2.05, 4.69) is 15.5 Å². The number of hydrogen-bond acceptors (Lipinski definition) is 4. The SMILES string of the molecule is O=C(Cc1[nH]nc2ccccc12)N[C@@H]1COCC[C@@H]1Oc1cccc(F)c1. The number of ether oxygens (including phenoxy) is 2. The van der Waals surface area contributed by atoms with Gasteiger partial charge in [-0.15, -0.1) is 0 Å². The molecule has 0 radical (unpaired) electrons. The molecular weight excluding hydrogens is 349 g/mol. The van der Waals surface area contributed by atoms with E-state index >= 15 is 0 Å². The summed E-state index contributed by atoms with van der Waals surface area (Å²) >= 11 is 0. The molecule has 140 valence electrons.